The second-order valence-corrected chi connectivity index (χ2v) is 10.3. The molecule has 176 valence electrons. The van der Waals surface area contributed by atoms with E-state index in [1.807, 2.05) is 6.07 Å². The van der Waals surface area contributed by atoms with Crippen molar-refractivity contribution in [3.8, 4) is 5.75 Å². The number of benzene rings is 1. The topological polar surface area (TPSA) is 140 Å². The molecule has 1 aromatic rings. The largest absolute Gasteiger partial charge is 1.00 e. The number of phenols is 1. The molecule has 1 aromatic carbocycles. The number of ether oxygens (including phenoxy) is 2. The summed E-state index contributed by atoms with van der Waals surface area (Å²) in [6.45, 7) is 2.20. The molecule has 0 radical (unpaired) electrons. The summed E-state index contributed by atoms with van der Waals surface area (Å²) in [4.78, 5) is 11.3. The van der Waals surface area contributed by atoms with Gasteiger partial charge in [-0.1, -0.05) is 13.0 Å². The third-order valence-corrected chi connectivity index (χ3v) is 8.72. The number of carboxylic acids is 1. The van der Waals surface area contributed by atoms with E-state index in [1.54, 1.807) is 6.07 Å². The van der Waals surface area contributed by atoms with Gasteiger partial charge in [-0.05, 0) is 85.0 Å². The summed E-state index contributed by atoms with van der Waals surface area (Å²) in [5.41, 5.74) is 2.42. The summed E-state index contributed by atoms with van der Waals surface area (Å²) in [7, 11) is 0. The van der Waals surface area contributed by atoms with E-state index in [4.69, 9.17) is 9.47 Å². The van der Waals surface area contributed by atoms with Gasteiger partial charge in [0.15, 0.2) is 6.29 Å². The molecular weight excluding hydrogens is 439 g/mol. The van der Waals surface area contributed by atoms with Crippen molar-refractivity contribution >= 4 is 5.97 Å². The van der Waals surface area contributed by atoms with Gasteiger partial charge in [0.2, 0.25) is 0 Å². The fraction of sp³-hybridized carbons (Fsp3) is 0.708. The van der Waals surface area contributed by atoms with Crippen molar-refractivity contribution < 1.29 is 69.4 Å². The Morgan fingerprint density at radius 1 is 1.12 bits per heavy atom. The third kappa shape index (κ3) is 4.16. The van der Waals surface area contributed by atoms with Gasteiger partial charge in [0.25, 0.3) is 0 Å². The zero-order chi connectivity index (χ0) is 22.8. The Bertz CT molecular complexity index is 895. The zero-order valence-corrected chi connectivity index (χ0v) is 21.1. The number of hydrogen-bond acceptors (Lipinski definition) is 8. The number of phenolic OH excluding ortho intramolecular Hbond substituents is 1. The molecule has 2 saturated carbocycles. The minimum absolute atomic E-state index is 0. The van der Waals surface area contributed by atoms with Crippen LogP contribution in [0.2, 0.25) is 0 Å². The first kappa shape index (κ1) is 25.4. The maximum Gasteiger partial charge on any atom is 1.00 e. The molecule has 5 rings (SSSR count). The molecule has 3 aliphatic carbocycles. The quantitative estimate of drug-likeness (QED) is 0.348. The number of aliphatic carboxylic acids is 1. The molecule has 1 aliphatic heterocycles. The molecule has 3 fully saturated rings. The summed E-state index contributed by atoms with van der Waals surface area (Å²) in [5.74, 6) is 0.0267. The minimum Gasteiger partial charge on any atom is -0.547 e. The van der Waals surface area contributed by atoms with E-state index in [0.717, 1.165) is 38.5 Å². The smallest absolute Gasteiger partial charge is 0.547 e. The number of fused-ring (bicyclic) bond motifs is 5. The fourth-order valence-corrected chi connectivity index (χ4v) is 7.06. The maximum atomic E-state index is 11.3. The molecular formula is C24H31NaO8. The molecule has 0 amide bonds. The average molecular weight is 470 g/mol. The number of carbonyl (C=O) groups excluding carboxylic acids is 1. The molecule has 9 heteroatoms. The van der Waals surface area contributed by atoms with Crippen LogP contribution in [0.1, 0.15) is 56.1 Å². The molecule has 8 nitrogen and oxygen atoms in total. The molecule has 4 N–H and O–H groups in total. The van der Waals surface area contributed by atoms with Gasteiger partial charge in [-0.15, -0.1) is 0 Å². The van der Waals surface area contributed by atoms with Crippen molar-refractivity contribution in [3.05, 3.63) is 29.3 Å². The van der Waals surface area contributed by atoms with Gasteiger partial charge in [-0.3, -0.25) is 0 Å². The van der Waals surface area contributed by atoms with Crippen LogP contribution in [0.15, 0.2) is 18.2 Å². The Morgan fingerprint density at radius 3 is 2.61 bits per heavy atom. The molecule has 0 spiro atoms. The van der Waals surface area contributed by atoms with E-state index in [0.29, 0.717) is 23.5 Å². The first-order chi connectivity index (χ1) is 15.2. The third-order valence-electron chi connectivity index (χ3n) is 8.72. The van der Waals surface area contributed by atoms with Gasteiger partial charge in [0.1, 0.15) is 30.2 Å². The molecule has 4 aliphatic rings. The summed E-state index contributed by atoms with van der Waals surface area (Å²) in [6, 6.07) is 5.71. The first-order valence-corrected chi connectivity index (χ1v) is 11.6. The van der Waals surface area contributed by atoms with Crippen molar-refractivity contribution in [2.24, 2.45) is 17.3 Å². The Morgan fingerprint density at radius 2 is 1.88 bits per heavy atom. The van der Waals surface area contributed by atoms with Crippen LogP contribution in [0.5, 0.6) is 5.75 Å². The van der Waals surface area contributed by atoms with Gasteiger partial charge in [-0.2, -0.15) is 0 Å². The zero-order valence-electron chi connectivity index (χ0n) is 19.1. The van der Waals surface area contributed by atoms with Gasteiger partial charge >= 0.3 is 29.6 Å². The Kier molecular flexibility index (Phi) is 7.22. The van der Waals surface area contributed by atoms with Gasteiger partial charge < -0.3 is 39.8 Å². The van der Waals surface area contributed by atoms with Crippen molar-refractivity contribution in [3.63, 3.8) is 0 Å². The molecule has 1 saturated heterocycles. The predicted molar refractivity (Wildman–Crippen MR) is 109 cm³/mol. The van der Waals surface area contributed by atoms with E-state index in [1.165, 1.54) is 11.1 Å². The van der Waals surface area contributed by atoms with Crippen LogP contribution in [-0.2, 0) is 20.7 Å². The van der Waals surface area contributed by atoms with Crippen molar-refractivity contribution in [1.82, 2.24) is 0 Å². The van der Waals surface area contributed by atoms with Crippen LogP contribution < -0.4 is 34.7 Å². The van der Waals surface area contributed by atoms with Crippen molar-refractivity contribution in [2.75, 3.05) is 0 Å². The number of aliphatic hydroxyl groups is 3. The Balaban J connectivity index is 0.00000259. The van der Waals surface area contributed by atoms with Crippen LogP contribution >= 0.6 is 0 Å². The van der Waals surface area contributed by atoms with Gasteiger partial charge in [0, 0.05) is 0 Å². The molecule has 33 heavy (non-hydrogen) atoms. The molecule has 0 aromatic heterocycles. The van der Waals surface area contributed by atoms with Gasteiger partial charge in [-0.25, -0.2) is 0 Å². The summed E-state index contributed by atoms with van der Waals surface area (Å²) in [5, 5.41) is 51.5. The second kappa shape index (κ2) is 9.39. The predicted octanol–water partition coefficient (Wildman–Crippen LogP) is -2.80. The normalized spacial score (nSPS) is 44.2. The summed E-state index contributed by atoms with van der Waals surface area (Å²) >= 11 is 0. The van der Waals surface area contributed by atoms with Crippen LogP contribution in [0, 0.1) is 17.3 Å². The fourth-order valence-electron chi connectivity index (χ4n) is 7.06. The molecule has 0 bridgehead atoms. The van der Waals surface area contributed by atoms with Crippen molar-refractivity contribution in [2.45, 2.75) is 88.2 Å². The van der Waals surface area contributed by atoms with Crippen LogP contribution in [0.25, 0.3) is 0 Å². The number of aromatic hydroxyl groups is 1. The first-order valence-electron chi connectivity index (χ1n) is 11.6. The number of carbonyl (C=O) groups is 1. The Labute approximate surface area is 215 Å². The standard InChI is InChI=1S/C24H32O8.Na/c1-24-9-8-14-13-5-3-12(25)10-11(13)2-4-15(14)16(24)6-7-17(24)31-23-20(28)18(26)19(27)21(32-23)22(29)30;/h3,5,10,14-21,23,25-28H,2,4,6-9H2,1H3,(H,29,30);/q;+1/p-1. The summed E-state index contributed by atoms with van der Waals surface area (Å²) in [6.07, 6.45) is -2.75. The summed E-state index contributed by atoms with van der Waals surface area (Å²) < 4.78 is 11.5. The van der Waals surface area contributed by atoms with E-state index >= 15 is 0 Å². The second-order valence-electron chi connectivity index (χ2n) is 10.3. The molecule has 10 unspecified atom stereocenters. The van der Waals surface area contributed by atoms with Crippen LogP contribution in [0.3, 0.4) is 0 Å². The number of aryl methyl sites for hydroxylation is 1. The number of hydrogen-bond donors (Lipinski definition) is 4. The number of carboxylic acid groups (broad SMARTS) is 1. The van der Waals surface area contributed by atoms with Crippen molar-refractivity contribution in [1.29, 1.82) is 0 Å². The number of aliphatic hydroxyl groups excluding tert-OH is 3. The monoisotopic (exact) mass is 470 g/mol. The van der Waals surface area contributed by atoms with E-state index in [2.05, 4.69) is 13.0 Å². The van der Waals surface area contributed by atoms with Gasteiger partial charge in [0.05, 0.1) is 12.1 Å². The van der Waals surface area contributed by atoms with E-state index in [9.17, 15) is 30.3 Å². The minimum atomic E-state index is -1.78. The van der Waals surface area contributed by atoms with E-state index in [-0.39, 0.29) is 41.1 Å². The van der Waals surface area contributed by atoms with Crippen LogP contribution in [-0.4, -0.2) is 63.2 Å². The maximum absolute atomic E-state index is 11.3. The SMILES string of the molecule is CC12CCC3c4ccc(O)cc4CCC3C1CCC2OC1OC(C(=O)[O-])C(O)C(O)C1O.[Na+]. The van der Waals surface area contributed by atoms with E-state index < -0.39 is 36.7 Å². The molecule has 1 heterocycles. The average Bonchev–Trinajstić information content (AvgIpc) is 3.09. The number of rotatable bonds is 3. The molecule has 10 atom stereocenters. The van der Waals surface area contributed by atoms with Crippen LogP contribution in [0.4, 0.5) is 0 Å². The Hall–Kier alpha value is -0.710.